The minimum Gasteiger partial charge on any atom is -0.373 e. The molecule has 1 aromatic rings. The molecule has 100 valence electrons. The molecule has 1 amide bonds. The number of hydrogen-bond donors (Lipinski definition) is 2. The fourth-order valence-electron chi connectivity index (χ4n) is 1.94. The molecule has 7 heteroatoms. The summed E-state index contributed by atoms with van der Waals surface area (Å²) < 4.78 is 5.54. The summed E-state index contributed by atoms with van der Waals surface area (Å²) >= 11 is 11.6. The van der Waals surface area contributed by atoms with Crippen LogP contribution in [0.2, 0.25) is 10.2 Å². The smallest absolute Gasteiger partial charge is 0.270 e. The van der Waals surface area contributed by atoms with E-state index in [9.17, 15) is 4.79 Å². The third-order valence-electron chi connectivity index (χ3n) is 2.81. The topological polar surface area (TPSA) is 57.4 Å². The van der Waals surface area contributed by atoms with E-state index in [1.807, 2.05) is 7.05 Å². The van der Waals surface area contributed by atoms with Crippen LogP contribution >= 0.6 is 23.2 Å². The maximum absolute atomic E-state index is 12.2. The number of halogens is 2. The molecule has 0 saturated carbocycles. The van der Waals surface area contributed by atoms with E-state index in [1.54, 1.807) is 11.0 Å². The van der Waals surface area contributed by atoms with Gasteiger partial charge in [-0.25, -0.2) is 0 Å². The predicted octanol–water partition coefficient (Wildman–Crippen LogP) is 1.38. The molecule has 1 saturated heterocycles. The van der Waals surface area contributed by atoms with Gasteiger partial charge in [0.15, 0.2) is 0 Å². The number of amides is 1. The molecule has 1 fully saturated rings. The van der Waals surface area contributed by atoms with Gasteiger partial charge >= 0.3 is 0 Å². The minimum atomic E-state index is -0.104. The molecule has 1 aliphatic heterocycles. The van der Waals surface area contributed by atoms with Crippen molar-refractivity contribution in [2.75, 3.05) is 33.3 Å². The Morgan fingerprint density at radius 2 is 2.44 bits per heavy atom. The molecular weight excluding hydrogens is 277 g/mol. The summed E-state index contributed by atoms with van der Waals surface area (Å²) in [5.41, 5.74) is 0.412. The third kappa shape index (κ3) is 2.98. The van der Waals surface area contributed by atoms with Gasteiger partial charge in [-0.3, -0.25) is 4.79 Å². The molecule has 0 radical (unpaired) electrons. The Morgan fingerprint density at radius 1 is 1.67 bits per heavy atom. The number of carbonyl (C=O) groups is 1. The van der Waals surface area contributed by atoms with Crippen molar-refractivity contribution >= 4 is 29.1 Å². The standard InChI is InChI=1S/C11H15Cl2N3O2/c1-14-5-7-6-16(2-3-18-7)11(17)9-4-8(12)10(13)15-9/h4,7,14-15H,2-3,5-6H2,1H3. The molecule has 2 heterocycles. The first kappa shape index (κ1) is 13.7. The number of nitrogens with one attached hydrogen (secondary N) is 2. The van der Waals surface area contributed by atoms with Crippen LogP contribution in [-0.4, -0.2) is 55.2 Å². The van der Waals surface area contributed by atoms with E-state index in [-0.39, 0.29) is 12.0 Å². The van der Waals surface area contributed by atoms with Crippen LogP contribution in [0, 0.1) is 0 Å². The lowest BCUT2D eigenvalue weighted by atomic mass is 10.2. The van der Waals surface area contributed by atoms with Gasteiger partial charge in [-0.05, 0) is 13.1 Å². The molecule has 0 bridgehead atoms. The molecule has 0 aromatic carbocycles. The van der Waals surface area contributed by atoms with E-state index in [2.05, 4.69) is 10.3 Å². The third-order valence-corrected chi connectivity index (χ3v) is 3.51. The zero-order valence-electron chi connectivity index (χ0n) is 10.0. The van der Waals surface area contributed by atoms with E-state index in [4.69, 9.17) is 27.9 Å². The van der Waals surface area contributed by atoms with E-state index in [0.717, 1.165) is 6.54 Å². The molecule has 2 N–H and O–H groups in total. The summed E-state index contributed by atoms with van der Waals surface area (Å²) in [4.78, 5) is 16.7. The van der Waals surface area contributed by atoms with E-state index in [1.165, 1.54) is 0 Å². The predicted molar refractivity (Wildman–Crippen MR) is 70.4 cm³/mol. The van der Waals surface area contributed by atoms with Gasteiger partial charge in [0.1, 0.15) is 10.8 Å². The number of morpholine rings is 1. The van der Waals surface area contributed by atoms with Crippen LogP contribution in [0.15, 0.2) is 6.07 Å². The molecule has 2 rings (SSSR count). The molecule has 18 heavy (non-hydrogen) atoms. The summed E-state index contributed by atoms with van der Waals surface area (Å²) in [5.74, 6) is -0.104. The van der Waals surface area contributed by atoms with Crippen LogP contribution in [0.3, 0.4) is 0 Å². The Balaban J connectivity index is 2.04. The first-order valence-corrected chi connectivity index (χ1v) is 6.47. The number of nitrogens with zero attached hydrogens (tertiary/aromatic N) is 1. The van der Waals surface area contributed by atoms with Gasteiger partial charge in [-0.2, -0.15) is 0 Å². The lowest BCUT2D eigenvalue weighted by molar-refractivity contribution is -0.0197. The Kier molecular flexibility index (Phi) is 4.50. The van der Waals surface area contributed by atoms with Crippen molar-refractivity contribution < 1.29 is 9.53 Å². The number of hydrogen-bond acceptors (Lipinski definition) is 3. The highest BCUT2D eigenvalue weighted by molar-refractivity contribution is 6.41. The highest BCUT2D eigenvalue weighted by atomic mass is 35.5. The Morgan fingerprint density at radius 3 is 3.06 bits per heavy atom. The number of ether oxygens (including phenoxy) is 1. The number of likely N-dealkylation sites (N-methyl/N-ethyl adjacent to an activating group) is 1. The number of H-pyrrole nitrogens is 1. The van der Waals surface area contributed by atoms with E-state index < -0.39 is 0 Å². The zero-order chi connectivity index (χ0) is 13.1. The van der Waals surface area contributed by atoms with Crippen LogP contribution in [0.25, 0.3) is 0 Å². The summed E-state index contributed by atoms with van der Waals surface area (Å²) in [5, 5.41) is 3.69. The lowest BCUT2D eigenvalue weighted by Crippen LogP contribution is -2.48. The number of rotatable bonds is 3. The molecule has 1 atom stereocenters. The quantitative estimate of drug-likeness (QED) is 0.885. The highest BCUT2D eigenvalue weighted by Gasteiger charge is 2.25. The van der Waals surface area contributed by atoms with Gasteiger partial charge < -0.3 is 19.9 Å². The summed E-state index contributed by atoms with van der Waals surface area (Å²) in [7, 11) is 1.86. The second-order valence-corrected chi connectivity index (χ2v) is 4.93. The van der Waals surface area contributed by atoms with E-state index in [0.29, 0.717) is 35.6 Å². The van der Waals surface area contributed by atoms with Crippen molar-refractivity contribution in [3.63, 3.8) is 0 Å². The summed E-state index contributed by atoms with van der Waals surface area (Å²) in [6.07, 6.45) is 0.0219. The van der Waals surface area contributed by atoms with Crippen LogP contribution < -0.4 is 5.32 Å². The molecular formula is C11H15Cl2N3O2. The first-order valence-electron chi connectivity index (χ1n) is 5.71. The molecule has 1 aromatic heterocycles. The maximum Gasteiger partial charge on any atom is 0.270 e. The molecule has 1 aliphatic rings. The highest BCUT2D eigenvalue weighted by Crippen LogP contribution is 2.23. The summed E-state index contributed by atoms with van der Waals surface area (Å²) in [6, 6.07) is 1.55. The van der Waals surface area contributed by atoms with Crippen LogP contribution in [0.1, 0.15) is 10.5 Å². The van der Waals surface area contributed by atoms with Gasteiger partial charge in [-0.15, -0.1) is 0 Å². The Hall–Kier alpha value is -0.750. The van der Waals surface area contributed by atoms with Crippen molar-refractivity contribution in [1.29, 1.82) is 0 Å². The second-order valence-electron chi connectivity index (χ2n) is 4.15. The fourth-order valence-corrected chi connectivity index (χ4v) is 2.26. The molecule has 0 aliphatic carbocycles. The second kappa shape index (κ2) is 5.93. The lowest BCUT2D eigenvalue weighted by Gasteiger charge is -2.32. The van der Waals surface area contributed by atoms with Crippen molar-refractivity contribution in [2.24, 2.45) is 0 Å². The number of aromatic amines is 1. The minimum absolute atomic E-state index is 0.0219. The Bertz CT molecular complexity index is 414. The van der Waals surface area contributed by atoms with Crippen molar-refractivity contribution in [1.82, 2.24) is 15.2 Å². The fraction of sp³-hybridized carbons (Fsp3) is 0.545. The monoisotopic (exact) mass is 291 g/mol. The van der Waals surface area contributed by atoms with E-state index >= 15 is 0 Å². The number of aromatic nitrogens is 1. The van der Waals surface area contributed by atoms with Gasteiger partial charge in [0.2, 0.25) is 0 Å². The summed E-state index contributed by atoms with van der Waals surface area (Å²) in [6.45, 7) is 2.40. The van der Waals surface area contributed by atoms with Gasteiger partial charge in [0.25, 0.3) is 5.91 Å². The van der Waals surface area contributed by atoms with Gasteiger partial charge in [0.05, 0.1) is 17.7 Å². The van der Waals surface area contributed by atoms with Crippen LogP contribution in [0.4, 0.5) is 0 Å². The zero-order valence-corrected chi connectivity index (χ0v) is 11.5. The van der Waals surface area contributed by atoms with Crippen molar-refractivity contribution in [2.45, 2.75) is 6.10 Å². The van der Waals surface area contributed by atoms with Gasteiger partial charge in [0, 0.05) is 19.6 Å². The van der Waals surface area contributed by atoms with Crippen molar-refractivity contribution in [3.8, 4) is 0 Å². The van der Waals surface area contributed by atoms with Crippen LogP contribution in [0.5, 0.6) is 0 Å². The SMILES string of the molecule is CNCC1CN(C(=O)c2cc(Cl)c(Cl)[nH]2)CCO1. The molecule has 5 nitrogen and oxygen atoms in total. The number of carbonyl (C=O) groups excluding carboxylic acids is 1. The van der Waals surface area contributed by atoms with Gasteiger partial charge in [-0.1, -0.05) is 23.2 Å². The normalized spacial score (nSPS) is 20.2. The molecule has 0 spiro atoms. The largest absolute Gasteiger partial charge is 0.373 e. The maximum atomic E-state index is 12.2. The average molecular weight is 292 g/mol. The molecule has 1 unspecified atom stereocenters. The average Bonchev–Trinajstić information content (AvgIpc) is 2.69. The Labute approximate surface area is 115 Å². The first-order chi connectivity index (χ1) is 8.61. The van der Waals surface area contributed by atoms with Crippen molar-refractivity contribution in [3.05, 3.63) is 21.9 Å². The van der Waals surface area contributed by atoms with Crippen LogP contribution in [-0.2, 0) is 4.74 Å².